The average Bonchev–Trinajstić information content (AvgIpc) is 3.41. The second kappa shape index (κ2) is 11.1. The number of nitrogens with one attached hydrogen (secondary N) is 1. The van der Waals surface area contributed by atoms with E-state index in [9.17, 15) is 15.2 Å². The van der Waals surface area contributed by atoms with Gasteiger partial charge in [0.25, 0.3) is 0 Å². The number of nitriles is 1. The third-order valence-corrected chi connectivity index (χ3v) is 7.41. The Morgan fingerprint density at radius 3 is 2.74 bits per heavy atom. The van der Waals surface area contributed by atoms with E-state index in [1.54, 1.807) is 0 Å². The highest BCUT2D eigenvalue weighted by molar-refractivity contribution is 5.85. The molecule has 2 heterocycles. The number of aromatic nitrogens is 2. The van der Waals surface area contributed by atoms with Crippen LogP contribution in [0.4, 0.5) is 5.82 Å². The molecule has 4 atom stereocenters. The smallest absolute Gasteiger partial charge is 0.231 e. The maximum atomic E-state index is 14.0. The molecule has 8 heteroatoms. The van der Waals surface area contributed by atoms with Gasteiger partial charge in [-0.25, -0.2) is 9.97 Å². The molecule has 8 nitrogen and oxygen atoms in total. The molecule has 0 unspecified atom stereocenters. The van der Waals surface area contributed by atoms with Gasteiger partial charge >= 0.3 is 0 Å². The molecule has 1 aromatic heterocycles. The van der Waals surface area contributed by atoms with Crippen LogP contribution in [0.1, 0.15) is 79.9 Å². The topological polar surface area (TPSA) is 105 Å². The summed E-state index contributed by atoms with van der Waals surface area (Å²) < 4.78 is 0. The molecule has 0 spiro atoms. The molecule has 35 heavy (non-hydrogen) atoms. The van der Waals surface area contributed by atoms with Crippen LogP contribution in [-0.4, -0.2) is 70.1 Å². The number of likely N-dealkylation sites (N-methyl/N-ethyl adjacent to an activating group) is 1. The fourth-order valence-electron chi connectivity index (χ4n) is 5.63. The molecule has 2 aliphatic rings. The van der Waals surface area contributed by atoms with Crippen LogP contribution in [0.15, 0.2) is 30.6 Å². The number of aliphatic hydroxyl groups is 1. The van der Waals surface area contributed by atoms with Crippen molar-refractivity contribution >= 4 is 11.7 Å². The highest BCUT2D eigenvalue weighted by Crippen LogP contribution is 2.41. The molecule has 1 amide bonds. The lowest BCUT2D eigenvalue weighted by Gasteiger charge is -2.33. The summed E-state index contributed by atoms with van der Waals surface area (Å²) in [6, 6.07) is 9.81. The van der Waals surface area contributed by atoms with Gasteiger partial charge in [0.05, 0.1) is 29.3 Å². The zero-order chi connectivity index (χ0) is 24.9. The van der Waals surface area contributed by atoms with Gasteiger partial charge in [0.15, 0.2) is 0 Å². The van der Waals surface area contributed by atoms with Crippen LogP contribution in [0.25, 0.3) is 0 Å². The molecule has 1 fully saturated rings. The Morgan fingerprint density at radius 2 is 2.09 bits per heavy atom. The van der Waals surface area contributed by atoms with Gasteiger partial charge in [-0.05, 0) is 62.9 Å². The zero-order valence-electron chi connectivity index (χ0n) is 20.9. The third-order valence-electron chi connectivity index (χ3n) is 7.41. The molecule has 0 saturated carbocycles. The van der Waals surface area contributed by atoms with Crippen molar-refractivity contribution in [1.29, 1.82) is 5.26 Å². The van der Waals surface area contributed by atoms with Crippen LogP contribution >= 0.6 is 0 Å². The number of nitrogens with zero attached hydrogens (tertiary/aromatic N) is 5. The molecule has 186 valence electrons. The molecule has 2 aromatic rings. The number of hydrogen-bond acceptors (Lipinski definition) is 7. The second-order valence-electron chi connectivity index (χ2n) is 9.83. The van der Waals surface area contributed by atoms with Crippen LogP contribution in [0.3, 0.4) is 0 Å². The lowest BCUT2D eigenvalue weighted by atomic mass is 9.88. The summed E-state index contributed by atoms with van der Waals surface area (Å²) in [6.07, 6.45) is 4.55. The molecular weight excluding hydrogens is 440 g/mol. The van der Waals surface area contributed by atoms with Gasteiger partial charge in [-0.1, -0.05) is 26.0 Å². The molecule has 1 aliphatic carbocycles. The number of carbonyl (C=O) groups is 1. The largest absolute Gasteiger partial charge is 0.387 e. The number of anilines is 1. The molecular formula is C27H36N6O2. The minimum Gasteiger partial charge on any atom is -0.387 e. The van der Waals surface area contributed by atoms with Crippen molar-refractivity contribution in [3.05, 3.63) is 53.0 Å². The predicted molar refractivity (Wildman–Crippen MR) is 135 cm³/mol. The Balaban J connectivity index is 1.51. The van der Waals surface area contributed by atoms with Crippen LogP contribution in [0, 0.1) is 11.3 Å². The lowest BCUT2D eigenvalue weighted by Crippen LogP contribution is -2.45. The van der Waals surface area contributed by atoms with Crippen molar-refractivity contribution in [3.63, 3.8) is 0 Å². The third kappa shape index (κ3) is 5.31. The van der Waals surface area contributed by atoms with Gasteiger partial charge in [0.2, 0.25) is 5.91 Å². The summed E-state index contributed by atoms with van der Waals surface area (Å²) in [4.78, 5) is 27.0. The first-order valence-corrected chi connectivity index (χ1v) is 12.7. The van der Waals surface area contributed by atoms with Crippen molar-refractivity contribution in [2.24, 2.45) is 0 Å². The highest BCUT2D eigenvalue weighted by atomic mass is 16.3. The SMILES string of the molecule is CCCN(CCNc1ncnc2c1[C@H](C)C[C@H]2O)C(=O)[C@@H](c1ccc(C#N)cc1)[C@@H]1CCCN1C. The molecule has 4 rings (SSSR count). The maximum Gasteiger partial charge on any atom is 0.231 e. The fraction of sp³-hybridized carbons (Fsp3) is 0.556. The van der Waals surface area contributed by atoms with Gasteiger partial charge in [-0.15, -0.1) is 0 Å². The summed E-state index contributed by atoms with van der Waals surface area (Å²) in [5.41, 5.74) is 3.27. The van der Waals surface area contributed by atoms with Gasteiger partial charge in [0, 0.05) is 31.2 Å². The quantitative estimate of drug-likeness (QED) is 0.571. The van der Waals surface area contributed by atoms with E-state index in [1.165, 1.54) is 6.33 Å². The Hall–Kier alpha value is -3.02. The van der Waals surface area contributed by atoms with Crippen LogP contribution in [0.2, 0.25) is 0 Å². The minimum atomic E-state index is -0.543. The number of rotatable bonds is 9. The van der Waals surface area contributed by atoms with E-state index in [1.807, 2.05) is 29.2 Å². The molecule has 0 bridgehead atoms. The van der Waals surface area contributed by atoms with Crippen molar-refractivity contribution < 1.29 is 9.90 Å². The number of hydrogen-bond donors (Lipinski definition) is 2. The van der Waals surface area contributed by atoms with E-state index in [4.69, 9.17) is 0 Å². The zero-order valence-corrected chi connectivity index (χ0v) is 20.9. The fourth-order valence-corrected chi connectivity index (χ4v) is 5.63. The Bertz CT molecular complexity index is 1070. The van der Waals surface area contributed by atoms with E-state index in [2.05, 4.69) is 47.1 Å². The predicted octanol–water partition coefficient (Wildman–Crippen LogP) is 3.42. The van der Waals surface area contributed by atoms with E-state index in [0.29, 0.717) is 37.3 Å². The summed E-state index contributed by atoms with van der Waals surface area (Å²) in [7, 11) is 2.10. The van der Waals surface area contributed by atoms with Crippen molar-refractivity contribution in [2.45, 2.75) is 63.5 Å². The van der Waals surface area contributed by atoms with Gasteiger partial charge < -0.3 is 20.2 Å². The Morgan fingerprint density at radius 1 is 1.31 bits per heavy atom. The minimum absolute atomic E-state index is 0.133. The number of carbonyl (C=O) groups excluding carboxylic acids is 1. The van der Waals surface area contributed by atoms with Gasteiger partial charge in [0.1, 0.15) is 12.1 Å². The molecule has 2 N–H and O–H groups in total. The number of likely N-dealkylation sites (tertiary alicyclic amines) is 1. The lowest BCUT2D eigenvalue weighted by molar-refractivity contribution is -0.134. The monoisotopic (exact) mass is 476 g/mol. The molecule has 1 aliphatic heterocycles. The summed E-state index contributed by atoms with van der Waals surface area (Å²) in [5.74, 6) is 0.812. The number of aliphatic hydroxyl groups excluding tert-OH is 1. The highest BCUT2D eigenvalue weighted by Gasteiger charge is 2.37. The second-order valence-corrected chi connectivity index (χ2v) is 9.83. The molecule has 1 aromatic carbocycles. The summed E-state index contributed by atoms with van der Waals surface area (Å²) in [5, 5.41) is 22.9. The van der Waals surface area contributed by atoms with E-state index < -0.39 is 6.10 Å². The Labute approximate surface area is 208 Å². The van der Waals surface area contributed by atoms with Gasteiger partial charge in [-0.2, -0.15) is 5.26 Å². The first-order valence-electron chi connectivity index (χ1n) is 12.7. The van der Waals surface area contributed by atoms with Crippen LogP contribution in [-0.2, 0) is 4.79 Å². The average molecular weight is 477 g/mol. The first-order chi connectivity index (χ1) is 16.9. The van der Waals surface area contributed by atoms with E-state index in [0.717, 1.165) is 42.8 Å². The van der Waals surface area contributed by atoms with Gasteiger partial charge in [-0.3, -0.25) is 4.79 Å². The number of fused-ring (bicyclic) bond motifs is 1. The van der Waals surface area contributed by atoms with Crippen molar-refractivity contribution in [3.8, 4) is 6.07 Å². The summed E-state index contributed by atoms with van der Waals surface area (Å²) in [6.45, 7) is 6.97. The summed E-state index contributed by atoms with van der Waals surface area (Å²) >= 11 is 0. The maximum absolute atomic E-state index is 14.0. The molecule has 1 saturated heterocycles. The van der Waals surface area contributed by atoms with Crippen LogP contribution < -0.4 is 5.32 Å². The van der Waals surface area contributed by atoms with Crippen LogP contribution in [0.5, 0.6) is 0 Å². The Kier molecular flexibility index (Phi) is 7.99. The van der Waals surface area contributed by atoms with Crippen molar-refractivity contribution in [1.82, 2.24) is 19.8 Å². The standard InChI is InChI=1S/C27H36N6O2/c1-4-12-33(14-11-29-26-23-18(2)15-22(34)25(23)30-17-31-26)27(35)24(21-6-5-13-32(21)3)20-9-7-19(16-28)8-10-20/h7-10,17-18,21-22,24,34H,4-6,11-15H2,1-3H3,(H,29,30,31)/t18-,21+,22-,24+/m1/s1. The normalized spacial score (nSPS) is 22.4. The molecule has 0 radical (unpaired) electrons. The van der Waals surface area contributed by atoms with Crippen molar-refractivity contribution in [2.75, 3.05) is 38.5 Å². The number of benzene rings is 1. The van der Waals surface area contributed by atoms with E-state index >= 15 is 0 Å². The number of amides is 1. The first kappa shape index (κ1) is 25.1. The van der Waals surface area contributed by atoms with E-state index in [-0.39, 0.29) is 23.8 Å².